The first-order valence-corrected chi connectivity index (χ1v) is 7.06. The van der Waals surface area contributed by atoms with E-state index in [9.17, 15) is 0 Å². The van der Waals surface area contributed by atoms with Crippen molar-refractivity contribution < 1.29 is 9.47 Å². The van der Waals surface area contributed by atoms with E-state index in [-0.39, 0.29) is 0 Å². The monoisotopic (exact) mass is 293 g/mol. The number of hydrogen-bond acceptors (Lipinski definition) is 3. The van der Waals surface area contributed by atoms with Crippen molar-refractivity contribution in [1.82, 2.24) is 9.80 Å². The number of rotatable bonds is 6. The lowest BCUT2D eigenvalue weighted by Gasteiger charge is -2.23. The van der Waals surface area contributed by atoms with Crippen molar-refractivity contribution in [2.24, 2.45) is 4.99 Å². The normalized spacial score (nSPS) is 10.2. The Morgan fingerprint density at radius 2 is 1.76 bits per heavy atom. The zero-order chi connectivity index (χ0) is 15.8. The van der Waals surface area contributed by atoms with E-state index in [2.05, 4.69) is 24.0 Å². The molecule has 5 nitrogen and oxygen atoms in total. The first-order valence-electron chi connectivity index (χ1n) is 7.06. The van der Waals surface area contributed by atoms with E-state index in [4.69, 9.17) is 9.47 Å². The van der Waals surface area contributed by atoms with Crippen LogP contribution >= 0.6 is 0 Å². The van der Waals surface area contributed by atoms with Crippen molar-refractivity contribution in [2.75, 3.05) is 48.5 Å². The molecule has 0 amide bonds. The molecular weight excluding hydrogens is 266 g/mol. The first-order chi connectivity index (χ1) is 9.95. The molecule has 0 unspecified atom stereocenters. The molecule has 0 aliphatic rings. The third kappa shape index (κ3) is 5.63. The molecule has 0 aliphatic heterocycles. The van der Waals surface area contributed by atoms with Crippen molar-refractivity contribution in [1.29, 1.82) is 0 Å². The number of aryl methyl sites for hydroxylation is 1. The average Bonchev–Trinajstić information content (AvgIpc) is 2.40. The number of benzene rings is 1. The number of nitrogens with zero attached hydrogens (tertiary/aromatic N) is 3. The van der Waals surface area contributed by atoms with E-state index in [1.165, 1.54) is 5.56 Å². The van der Waals surface area contributed by atoms with Crippen LogP contribution in [0.3, 0.4) is 0 Å². The Kier molecular flexibility index (Phi) is 7.02. The van der Waals surface area contributed by atoms with Gasteiger partial charge in [0.2, 0.25) is 0 Å². The smallest absolute Gasteiger partial charge is 0.195 e. The van der Waals surface area contributed by atoms with Gasteiger partial charge in [0.1, 0.15) is 12.4 Å². The third-order valence-electron chi connectivity index (χ3n) is 2.96. The van der Waals surface area contributed by atoms with Gasteiger partial charge in [0.25, 0.3) is 0 Å². The van der Waals surface area contributed by atoms with Crippen LogP contribution in [0.4, 0.5) is 0 Å². The molecule has 0 radical (unpaired) electrons. The van der Waals surface area contributed by atoms with E-state index < -0.39 is 0 Å². The summed E-state index contributed by atoms with van der Waals surface area (Å²) in [4.78, 5) is 8.67. The van der Waals surface area contributed by atoms with Gasteiger partial charge in [0.15, 0.2) is 5.96 Å². The summed E-state index contributed by atoms with van der Waals surface area (Å²) >= 11 is 0. The summed E-state index contributed by atoms with van der Waals surface area (Å²) in [5, 5.41) is 0. The Hall–Kier alpha value is -1.75. The number of aliphatic imine (C=N–C) groups is 1. The molecule has 0 heterocycles. The Morgan fingerprint density at radius 1 is 1.10 bits per heavy atom. The van der Waals surface area contributed by atoms with Crippen LogP contribution in [0.25, 0.3) is 0 Å². The number of methoxy groups -OCH3 is 1. The third-order valence-corrected chi connectivity index (χ3v) is 2.96. The van der Waals surface area contributed by atoms with Crippen LogP contribution < -0.4 is 4.74 Å². The predicted molar refractivity (Wildman–Crippen MR) is 87.1 cm³/mol. The number of guanidine groups is 1. The van der Waals surface area contributed by atoms with Crippen molar-refractivity contribution in [2.45, 2.75) is 13.5 Å². The Morgan fingerprint density at radius 3 is 2.33 bits per heavy atom. The molecule has 1 rings (SSSR count). The Balaban J connectivity index is 2.88. The molecule has 0 bridgehead atoms. The van der Waals surface area contributed by atoms with Gasteiger partial charge < -0.3 is 19.3 Å². The van der Waals surface area contributed by atoms with Crippen LogP contribution in [0.2, 0.25) is 0 Å². The molecule has 1 aromatic carbocycles. The minimum absolute atomic E-state index is 0.547. The largest absolute Gasteiger partial charge is 0.491 e. The van der Waals surface area contributed by atoms with Crippen molar-refractivity contribution in [3.63, 3.8) is 0 Å². The summed E-state index contributed by atoms with van der Waals surface area (Å²) in [7, 11) is 9.63. The summed E-state index contributed by atoms with van der Waals surface area (Å²) in [5.74, 6) is 1.81. The maximum Gasteiger partial charge on any atom is 0.195 e. The molecule has 0 spiro atoms. The standard InChI is InChI=1S/C16H27N3O2/c1-13-7-8-14(15(11-13)21-10-9-20-6)12-17-16(18(2)3)19(4)5/h7-8,11H,9-10,12H2,1-6H3. The highest BCUT2D eigenvalue weighted by atomic mass is 16.5. The highest BCUT2D eigenvalue weighted by Crippen LogP contribution is 2.21. The van der Waals surface area contributed by atoms with E-state index in [1.807, 2.05) is 44.1 Å². The molecular formula is C16H27N3O2. The lowest BCUT2D eigenvalue weighted by atomic mass is 10.1. The molecule has 0 atom stereocenters. The molecule has 0 aliphatic carbocycles. The fourth-order valence-electron chi connectivity index (χ4n) is 2.00. The Labute approximate surface area is 128 Å². The van der Waals surface area contributed by atoms with Crippen LogP contribution in [0.15, 0.2) is 23.2 Å². The lowest BCUT2D eigenvalue weighted by Crippen LogP contribution is -2.35. The maximum absolute atomic E-state index is 5.79. The quantitative estimate of drug-likeness (QED) is 0.457. The van der Waals surface area contributed by atoms with Gasteiger partial charge in [-0.2, -0.15) is 0 Å². The van der Waals surface area contributed by atoms with Gasteiger partial charge in [-0.15, -0.1) is 0 Å². The molecule has 0 saturated carbocycles. The second-order valence-electron chi connectivity index (χ2n) is 5.36. The zero-order valence-corrected chi connectivity index (χ0v) is 14.0. The lowest BCUT2D eigenvalue weighted by molar-refractivity contribution is 0.145. The number of hydrogen-bond donors (Lipinski definition) is 0. The summed E-state index contributed by atoms with van der Waals surface area (Å²) < 4.78 is 10.8. The average molecular weight is 293 g/mol. The van der Waals surface area contributed by atoms with Gasteiger partial charge >= 0.3 is 0 Å². The molecule has 0 aromatic heterocycles. The van der Waals surface area contributed by atoms with E-state index in [1.54, 1.807) is 7.11 Å². The predicted octanol–water partition coefficient (Wildman–Crippen LogP) is 2.00. The van der Waals surface area contributed by atoms with Crippen molar-refractivity contribution >= 4 is 5.96 Å². The maximum atomic E-state index is 5.79. The molecule has 0 fully saturated rings. The van der Waals surface area contributed by atoms with Gasteiger partial charge in [-0.3, -0.25) is 0 Å². The summed E-state index contributed by atoms with van der Waals surface area (Å²) in [6, 6.07) is 6.20. The van der Waals surface area contributed by atoms with Crippen molar-refractivity contribution in [3.8, 4) is 5.75 Å². The van der Waals surface area contributed by atoms with Gasteiger partial charge in [-0.1, -0.05) is 12.1 Å². The van der Waals surface area contributed by atoms with Crippen LogP contribution in [0.1, 0.15) is 11.1 Å². The summed E-state index contributed by atoms with van der Waals surface area (Å²) in [6.07, 6.45) is 0. The molecule has 5 heteroatoms. The van der Waals surface area contributed by atoms with Crippen molar-refractivity contribution in [3.05, 3.63) is 29.3 Å². The minimum atomic E-state index is 0.547. The molecule has 21 heavy (non-hydrogen) atoms. The van der Waals surface area contributed by atoms with Crippen LogP contribution in [-0.2, 0) is 11.3 Å². The highest BCUT2D eigenvalue weighted by molar-refractivity contribution is 5.79. The van der Waals surface area contributed by atoms with Gasteiger partial charge in [-0.25, -0.2) is 4.99 Å². The van der Waals surface area contributed by atoms with Crippen LogP contribution in [0.5, 0.6) is 5.75 Å². The zero-order valence-electron chi connectivity index (χ0n) is 14.0. The van der Waals surface area contributed by atoms with E-state index >= 15 is 0 Å². The SMILES string of the molecule is COCCOc1cc(C)ccc1CN=C(N(C)C)N(C)C. The number of ether oxygens (including phenoxy) is 2. The van der Waals surface area contributed by atoms with Gasteiger partial charge in [0, 0.05) is 40.9 Å². The highest BCUT2D eigenvalue weighted by Gasteiger charge is 2.07. The topological polar surface area (TPSA) is 37.3 Å². The van der Waals surface area contributed by atoms with E-state index in [0.717, 1.165) is 17.3 Å². The molecule has 0 N–H and O–H groups in total. The van der Waals surface area contributed by atoms with Gasteiger partial charge in [-0.05, 0) is 18.6 Å². The fourth-order valence-corrected chi connectivity index (χ4v) is 2.00. The summed E-state index contributed by atoms with van der Waals surface area (Å²) in [5.41, 5.74) is 2.26. The molecule has 118 valence electrons. The second kappa shape index (κ2) is 8.52. The van der Waals surface area contributed by atoms with Crippen LogP contribution in [-0.4, -0.2) is 64.3 Å². The fraction of sp³-hybridized carbons (Fsp3) is 0.562. The Bertz CT molecular complexity index is 461. The van der Waals surface area contributed by atoms with Gasteiger partial charge in [0.05, 0.1) is 13.2 Å². The van der Waals surface area contributed by atoms with E-state index in [0.29, 0.717) is 19.8 Å². The molecule has 1 aromatic rings. The summed E-state index contributed by atoms with van der Waals surface area (Å²) in [6.45, 7) is 3.78. The second-order valence-corrected chi connectivity index (χ2v) is 5.36. The minimum Gasteiger partial charge on any atom is -0.491 e. The first kappa shape index (κ1) is 17.3. The van der Waals surface area contributed by atoms with Crippen LogP contribution in [0, 0.1) is 6.92 Å². The molecule has 0 saturated heterocycles.